The molecule has 1 heterocycles. The maximum atomic E-state index is 14.4. The second kappa shape index (κ2) is 8.17. The Morgan fingerprint density at radius 1 is 1.07 bits per heavy atom. The number of carbonyl (C=O) groups is 1. The molecule has 3 aromatic carbocycles. The van der Waals surface area contributed by atoms with Crippen molar-refractivity contribution < 1.29 is 23.4 Å². The second-order valence-corrected chi connectivity index (χ2v) is 7.61. The minimum Gasteiger partial charge on any atom is -0.497 e. The van der Waals surface area contributed by atoms with E-state index in [0.717, 1.165) is 27.5 Å². The predicted molar refractivity (Wildman–Crippen MR) is 110 cm³/mol. The van der Waals surface area contributed by atoms with E-state index in [1.54, 1.807) is 18.9 Å². The summed E-state index contributed by atoms with van der Waals surface area (Å²) in [5.74, 6) is 0.816. The topological polar surface area (TPSA) is 44.8 Å². The molecule has 0 saturated carbocycles. The van der Waals surface area contributed by atoms with Gasteiger partial charge in [-0.3, -0.25) is 0 Å². The van der Waals surface area contributed by atoms with Crippen LogP contribution in [-0.2, 0) is 17.1 Å². The van der Waals surface area contributed by atoms with Gasteiger partial charge in [-0.25, -0.2) is 9.18 Å². The highest BCUT2D eigenvalue weighted by Crippen LogP contribution is 2.40. The average molecular weight is 410 g/mol. The summed E-state index contributed by atoms with van der Waals surface area (Å²) >= 11 is 1.72. The molecule has 0 spiro atoms. The lowest BCUT2D eigenvalue weighted by Crippen LogP contribution is -2.10. The number of carbonyl (C=O) groups excluding carboxylic acids is 1. The molecular formula is C23H19FO4S. The van der Waals surface area contributed by atoms with Crippen molar-refractivity contribution in [2.45, 2.75) is 17.3 Å². The summed E-state index contributed by atoms with van der Waals surface area (Å²) in [6.07, 6.45) is 0. The van der Waals surface area contributed by atoms with Gasteiger partial charge in [-0.1, -0.05) is 18.2 Å². The van der Waals surface area contributed by atoms with E-state index in [-0.39, 0.29) is 5.56 Å². The van der Waals surface area contributed by atoms with Gasteiger partial charge in [0, 0.05) is 16.2 Å². The molecule has 0 aromatic heterocycles. The molecule has 0 bridgehead atoms. The summed E-state index contributed by atoms with van der Waals surface area (Å²) in [4.78, 5) is 12.8. The van der Waals surface area contributed by atoms with Crippen molar-refractivity contribution in [2.75, 3.05) is 14.2 Å². The van der Waals surface area contributed by atoms with Crippen LogP contribution in [0.5, 0.6) is 11.5 Å². The zero-order chi connectivity index (χ0) is 20.4. The first-order valence-electron chi connectivity index (χ1n) is 9.02. The van der Waals surface area contributed by atoms with E-state index in [1.165, 1.54) is 24.8 Å². The fourth-order valence-electron chi connectivity index (χ4n) is 3.24. The maximum absolute atomic E-state index is 14.4. The van der Waals surface area contributed by atoms with Crippen molar-refractivity contribution >= 4 is 17.7 Å². The molecule has 1 aliphatic rings. The van der Waals surface area contributed by atoms with Crippen LogP contribution in [0.3, 0.4) is 0 Å². The Bertz CT molecular complexity index is 1060. The molecule has 6 heteroatoms. The lowest BCUT2D eigenvalue weighted by atomic mass is 9.95. The third-order valence-corrected chi connectivity index (χ3v) is 5.85. The molecule has 0 N–H and O–H groups in total. The van der Waals surface area contributed by atoms with Crippen molar-refractivity contribution in [3.63, 3.8) is 0 Å². The molecule has 3 aromatic rings. The molecule has 4 rings (SSSR count). The van der Waals surface area contributed by atoms with Crippen LogP contribution in [0.4, 0.5) is 4.39 Å². The molecule has 0 unspecified atom stereocenters. The molecule has 0 amide bonds. The third kappa shape index (κ3) is 3.93. The quantitative estimate of drug-likeness (QED) is 0.412. The Labute approximate surface area is 172 Å². The fraction of sp³-hybridized carbons (Fsp3) is 0.174. The SMILES string of the molecule is COC(=O)c1cc2c(cc1F)-c1ccc(SCc3ccc(OC)cc3)cc1CO2. The van der Waals surface area contributed by atoms with Crippen LogP contribution in [0.15, 0.2) is 59.5 Å². The van der Waals surface area contributed by atoms with E-state index in [2.05, 4.69) is 10.8 Å². The molecular weight excluding hydrogens is 391 g/mol. The van der Waals surface area contributed by atoms with E-state index >= 15 is 0 Å². The van der Waals surface area contributed by atoms with E-state index in [0.29, 0.717) is 17.9 Å². The van der Waals surface area contributed by atoms with E-state index in [1.807, 2.05) is 36.4 Å². The van der Waals surface area contributed by atoms with Crippen LogP contribution < -0.4 is 9.47 Å². The predicted octanol–water partition coefficient (Wildman–Crippen LogP) is 5.47. The van der Waals surface area contributed by atoms with Gasteiger partial charge >= 0.3 is 5.97 Å². The van der Waals surface area contributed by atoms with Gasteiger partial charge in [0.15, 0.2) is 0 Å². The van der Waals surface area contributed by atoms with Gasteiger partial charge in [-0.2, -0.15) is 0 Å². The number of rotatable bonds is 5. The summed E-state index contributed by atoms with van der Waals surface area (Å²) in [5, 5.41) is 0. The van der Waals surface area contributed by atoms with Crippen LogP contribution in [-0.4, -0.2) is 20.2 Å². The van der Waals surface area contributed by atoms with Crippen LogP contribution in [0.2, 0.25) is 0 Å². The summed E-state index contributed by atoms with van der Waals surface area (Å²) in [6, 6.07) is 16.8. The number of hydrogen-bond donors (Lipinski definition) is 0. The van der Waals surface area contributed by atoms with Gasteiger partial charge in [0.1, 0.15) is 23.9 Å². The van der Waals surface area contributed by atoms with Gasteiger partial charge < -0.3 is 14.2 Å². The Kier molecular flexibility index (Phi) is 5.45. The first-order valence-corrected chi connectivity index (χ1v) is 10.0. The number of ether oxygens (including phenoxy) is 3. The number of thioether (sulfide) groups is 1. The number of methoxy groups -OCH3 is 2. The van der Waals surface area contributed by atoms with Crippen molar-refractivity contribution in [1.29, 1.82) is 0 Å². The Morgan fingerprint density at radius 3 is 2.59 bits per heavy atom. The monoisotopic (exact) mass is 410 g/mol. The van der Waals surface area contributed by atoms with Crippen LogP contribution in [0, 0.1) is 5.82 Å². The first kappa shape index (κ1) is 19.3. The van der Waals surface area contributed by atoms with Crippen molar-refractivity contribution in [2.24, 2.45) is 0 Å². The standard InChI is InChI=1S/C23H19FO4S/c1-26-16-5-3-14(4-6-16)13-29-17-7-8-18-15(9-17)12-28-22-11-20(23(25)27-2)21(24)10-19(18)22/h3-11H,12-13H2,1-2H3. The Hall–Kier alpha value is -2.99. The highest BCUT2D eigenvalue weighted by molar-refractivity contribution is 7.98. The molecule has 0 saturated heterocycles. The second-order valence-electron chi connectivity index (χ2n) is 6.56. The van der Waals surface area contributed by atoms with E-state index in [4.69, 9.17) is 9.47 Å². The molecule has 0 fully saturated rings. The van der Waals surface area contributed by atoms with Crippen molar-refractivity contribution in [3.05, 3.63) is 77.1 Å². The molecule has 0 atom stereocenters. The summed E-state index contributed by atoms with van der Waals surface area (Å²) in [5.41, 5.74) is 3.62. The minimum absolute atomic E-state index is 0.124. The lowest BCUT2D eigenvalue weighted by Gasteiger charge is -2.22. The number of hydrogen-bond acceptors (Lipinski definition) is 5. The molecule has 4 nitrogen and oxygen atoms in total. The summed E-state index contributed by atoms with van der Waals surface area (Å²) < 4.78 is 30.0. The van der Waals surface area contributed by atoms with Gasteiger partial charge in [-0.15, -0.1) is 11.8 Å². The zero-order valence-corrected chi connectivity index (χ0v) is 16.8. The number of fused-ring (bicyclic) bond motifs is 3. The van der Waals surface area contributed by atoms with Gasteiger partial charge in [0.2, 0.25) is 0 Å². The van der Waals surface area contributed by atoms with Crippen LogP contribution >= 0.6 is 11.8 Å². The smallest absolute Gasteiger partial charge is 0.340 e. The largest absolute Gasteiger partial charge is 0.497 e. The van der Waals surface area contributed by atoms with Gasteiger partial charge in [0.05, 0.1) is 19.8 Å². The molecule has 1 aliphatic heterocycles. The number of esters is 1. The normalized spacial score (nSPS) is 11.8. The minimum atomic E-state index is -0.718. The number of benzene rings is 3. The molecule has 29 heavy (non-hydrogen) atoms. The third-order valence-electron chi connectivity index (χ3n) is 4.79. The molecule has 148 valence electrons. The van der Waals surface area contributed by atoms with Gasteiger partial charge in [-0.05, 0) is 53.1 Å². The van der Waals surface area contributed by atoms with Crippen molar-refractivity contribution in [3.8, 4) is 22.6 Å². The summed E-state index contributed by atoms with van der Waals surface area (Å²) in [7, 11) is 2.88. The van der Waals surface area contributed by atoms with Crippen LogP contribution in [0.25, 0.3) is 11.1 Å². The Balaban J connectivity index is 1.56. The fourth-order valence-corrected chi connectivity index (χ4v) is 4.15. The number of halogens is 1. The van der Waals surface area contributed by atoms with E-state index in [9.17, 15) is 9.18 Å². The van der Waals surface area contributed by atoms with E-state index < -0.39 is 11.8 Å². The van der Waals surface area contributed by atoms with Gasteiger partial charge in [0.25, 0.3) is 0 Å². The molecule has 0 aliphatic carbocycles. The Morgan fingerprint density at radius 2 is 1.86 bits per heavy atom. The zero-order valence-electron chi connectivity index (χ0n) is 16.0. The average Bonchev–Trinajstić information content (AvgIpc) is 2.76. The highest BCUT2D eigenvalue weighted by atomic mass is 32.2. The summed E-state index contributed by atoms with van der Waals surface area (Å²) in [6.45, 7) is 0.367. The molecule has 0 radical (unpaired) electrons. The maximum Gasteiger partial charge on any atom is 0.340 e. The van der Waals surface area contributed by atoms with Crippen molar-refractivity contribution in [1.82, 2.24) is 0 Å². The lowest BCUT2D eigenvalue weighted by molar-refractivity contribution is 0.0595. The van der Waals surface area contributed by atoms with Crippen LogP contribution in [0.1, 0.15) is 21.5 Å². The first-order chi connectivity index (χ1) is 14.1. The highest BCUT2D eigenvalue weighted by Gasteiger charge is 2.23.